The third-order valence-electron chi connectivity index (χ3n) is 4.48. The lowest BCUT2D eigenvalue weighted by Gasteiger charge is -2.13. The third-order valence-corrected chi connectivity index (χ3v) is 6.34. The quantitative estimate of drug-likeness (QED) is 0.348. The number of anilines is 1. The molecular weight excluding hydrogens is 477 g/mol. The predicted molar refractivity (Wildman–Crippen MR) is 127 cm³/mol. The van der Waals surface area contributed by atoms with E-state index < -0.39 is 11.1 Å². The molecule has 1 aliphatic rings. The van der Waals surface area contributed by atoms with Gasteiger partial charge >= 0.3 is 0 Å². The van der Waals surface area contributed by atoms with E-state index in [9.17, 15) is 9.59 Å². The normalized spacial score (nSPS) is 15.1. The molecule has 1 saturated heterocycles. The Hall–Kier alpha value is -2.44. The molecule has 156 valence electrons. The van der Waals surface area contributed by atoms with E-state index in [4.69, 9.17) is 39.5 Å². The van der Waals surface area contributed by atoms with Crippen LogP contribution < -0.4 is 9.64 Å². The van der Waals surface area contributed by atoms with Gasteiger partial charge in [-0.05, 0) is 53.7 Å². The SMILES string of the molecule is O=C1S/C(=C\c2ccc(OCc3ccccc3Cl)c(Cl)c2)C(=O)N1c1ccccc1Cl. The molecule has 4 rings (SSSR count). The smallest absolute Gasteiger partial charge is 0.298 e. The molecule has 8 heteroatoms. The second-order valence-corrected chi connectivity index (χ2v) is 8.75. The van der Waals surface area contributed by atoms with Crippen LogP contribution in [0.3, 0.4) is 0 Å². The molecule has 0 bridgehead atoms. The standard InChI is InChI=1S/C23H14Cl3NO3S/c24-16-6-2-1-5-15(16)13-30-20-10-9-14(11-18(20)26)12-21-22(28)27(23(29)31-21)19-8-4-3-7-17(19)25/h1-12H,13H2/b21-12-. The number of halogens is 3. The molecule has 0 aromatic heterocycles. The molecule has 0 atom stereocenters. The van der Waals surface area contributed by atoms with Gasteiger partial charge in [-0.3, -0.25) is 9.59 Å². The van der Waals surface area contributed by atoms with Crippen molar-refractivity contribution in [1.29, 1.82) is 0 Å². The van der Waals surface area contributed by atoms with Crippen LogP contribution in [-0.4, -0.2) is 11.1 Å². The Kier molecular flexibility index (Phi) is 6.58. The van der Waals surface area contributed by atoms with Crippen LogP contribution in [0, 0.1) is 0 Å². The van der Waals surface area contributed by atoms with Gasteiger partial charge < -0.3 is 4.74 Å². The molecule has 0 aliphatic carbocycles. The lowest BCUT2D eigenvalue weighted by atomic mass is 10.2. The van der Waals surface area contributed by atoms with E-state index in [1.807, 2.05) is 18.2 Å². The lowest BCUT2D eigenvalue weighted by Crippen LogP contribution is -2.27. The van der Waals surface area contributed by atoms with Gasteiger partial charge in [0, 0.05) is 10.6 Å². The average molecular weight is 491 g/mol. The van der Waals surface area contributed by atoms with Gasteiger partial charge in [-0.25, -0.2) is 4.90 Å². The number of ether oxygens (including phenoxy) is 1. The van der Waals surface area contributed by atoms with Gasteiger partial charge in [-0.1, -0.05) is 71.2 Å². The van der Waals surface area contributed by atoms with Crippen molar-refractivity contribution in [2.45, 2.75) is 6.61 Å². The summed E-state index contributed by atoms with van der Waals surface area (Å²) in [7, 11) is 0. The summed E-state index contributed by atoms with van der Waals surface area (Å²) in [6.07, 6.45) is 1.62. The first-order valence-electron chi connectivity index (χ1n) is 9.12. The minimum atomic E-state index is -0.432. The fraction of sp³-hybridized carbons (Fsp3) is 0.0435. The first kappa shape index (κ1) is 21.8. The molecule has 0 N–H and O–H groups in total. The van der Waals surface area contributed by atoms with E-state index in [2.05, 4.69) is 0 Å². The van der Waals surface area contributed by atoms with Crippen LogP contribution in [-0.2, 0) is 11.4 Å². The zero-order valence-electron chi connectivity index (χ0n) is 15.8. The van der Waals surface area contributed by atoms with Crippen molar-refractivity contribution in [3.63, 3.8) is 0 Å². The summed E-state index contributed by atoms with van der Waals surface area (Å²) in [4.78, 5) is 26.6. The van der Waals surface area contributed by atoms with Gasteiger partial charge in [-0.15, -0.1) is 0 Å². The fourth-order valence-corrected chi connectivity index (χ4v) is 4.44. The third kappa shape index (κ3) is 4.75. The Morgan fingerprint density at radius 2 is 1.58 bits per heavy atom. The summed E-state index contributed by atoms with van der Waals surface area (Å²) in [5.74, 6) is 0.0566. The minimum absolute atomic E-state index is 0.273. The highest BCUT2D eigenvalue weighted by Gasteiger charge is 2.37. The number of para-hydroxylation sites is 1. The maximum absolute atomic E-state index is 12.8. The van der Waals surface area contributed by atoms with Crippen molar-refractivity contribution in [2.24, 2.45) is 0 Å². The van der Waals surface area contributed by atoms with Crippen molar-refractivity contribution in [3.8, 4) is 5.75 Å². The highest BCUT2D eigenvalue weighted by molar-refractivity contribution is 8.19. The number of hydrogen-bond acceptors (Lipinski definition) is 4. The second kappa shape index (κ2) is 9.37. The van der Waals surface area contributed by atoms with Gasteiger partial charge in [0.05, 0.1) is 20.6 Å². The Morgan fingerprint density at radius 3 is 2.29 bits per heavy atom. The van der Waals surface area contributed by atoms with Gasteiger partial charge in [-0.2, -0.15) is 0 Å². The predicted octanol–water partition coefficient (Wildman–Crippen LogP) is 7.47. The number of nitrogens with zero attached hydrogens (tertiary/aromatic N) is 1. The zero-order valence-corrected chi connectivity index (χ0v) is 18.9. The van der Waals surface area contributed by atoms with E-state index in [-0.39, 0.29) is 11.5 Å². The molecule has 1 aliphatic heterocycles. The number of carbonyl (C=O) groups is 2. The van der Waals surface area contributed by atoms with Crippen molar-refractivity contribution in [1.82, 2.24) is 0 Å². The largest absolute Gasteiger partial charge is 0.487 e. The molecule has 2 amide bonds. The van der Waals surface area contributed by atoms with E-state index in [0.29, 0.717) is 32.1 Å². The highest BCUT2D eigenvalue weighted by Crippen LogP contribution is 2.39. The molecule has 0 unspecified atom stereocenters. The van der Waals surface area contributed by atoms with Gasteiger partial charge in [0.15, 0.2) is 0 Å². The molecular formula is C23H14Cl3NO3S. The van der Waals surface area contributed by atoms with Crippen LogP contribution >= 0.6 is 46.6 Å². The monoisotopic (exact) mass is 489 g/mol. The van der Waals surface area contributed by atoms with E-state index in [1.165, 1.54) is 0 Å². The van der Waals surface area contributed by atoms with Crippen LogP contribution in [0.2, 0.25) is 15.1 Å². The first-order valence-corrected chi connectivity index (χ1v) is 11.1. The van der Waals surface area contributed by atoms with Crippen molar-refractivity contribution < 1.29 is 14.3 Å². The molecule has 3 aromatic rings. The Labute approximate surface area is 198 Å². The number of rotatable bonds is 5. The summed E-state index contributed by atoms with van der Waals surface area (Å²) < 4.78 is 5.77. The van der Waals surface area contributed by atoms with Crippen molar-refractivity contribution in [3.05, 3.63) is 97.8 Å². The molecule has 1 fully saturated rings. The summed E-state index contributed by atoms with van der Waals surface area (Å²) in [6.45, 7) is 0.273. The van der Waals surface area contributed by atoms with Crippen LogP contribution in [0.1, 0.15) is 11.1 Å². The maximum atomic E-state index is 12.8. The van der Waals surface area contributed by atoms with Crippen molar-refractivity contribution in [2.75, 3.05) is 4.90 Å². The summed E-state index contributed by atoms with van der Waals surface area (Å²) in [5, 5.41) is 0.917. The van der Waals surface area contributed by atoms with Crippen LogP contribution in [0.15, 0.2) is 71.6 Å². The molecule has 3 aromatic carbocycles. The lowest BCUT2D eigenvalue weighted by molar-refractivity contribution is -0.113. The minimum Gasteiger partial charge on any atom is -0.487 e. The van der Waals surface area contributed by atoms with E-state index >= 15 is 0 Å². The zero-order chi connectivity index (χ0) is 22.0. The molecule has 1 heterocycles. The maximum Gasteiger partial charge on any atom is 0.298 e. The fourth-order valence-electron chi connectivity index (χ4n) is 2.95. The summed E-state index contributed by atoms with van der Waals surface area (Å²) in [5.41, 5.74) is 1.87. The molecule has 0 radical (unpaired) electrons. The Balaban J connectivity index is 1.52. The number of imide groups is 1. The molecule has 31 heavy (non-hydrogen) atoms. The van der Waals surface area contributed by atoms with Gasteiger partial charge in [0.1, 0.15) is 12.4 Å². The Bertz CT molecular complexity index is 1210. The number of hydrogen-bond donors (Lipinski definition) is 0. The van der Waals surface area contributed by atoms with Gasteiger partial charge in [0.2, 0.25) is 0 Å². The second-order valence-electron chi connectivity index (χ2n) is 6.54. The summed E-state index contributed by atoms with van der Waals surface area (Å²) >= 11 is 19.5. The van der Waals surface area contributed by atoms with E-state index in [0.717, 1.165) is 22.2 Å². The molecule has 4 nitrogen and oxygen atoms in total. The number of thioether (sulfide) groups is 1. The first-order chi connectivity index (χ1) is 14.9. The highest BCUT2D eigenvalue weighted by atomic mass is 35.5. The number of carbonyl (C=O) groups excluding carboxylic acids is 2. The molecule has 0 saturated carbocycles. The van der Waals surface area contributed by atoms with Crippen molar-refractivity contribution >= 4 is 69.5 Å². The summed E-state index contributed by atoms with van der Waals surface area (Å²) in [6, 6.07) is 19.3. The number of benzene rings is 3. The Morgan fingerprint density at radius 1 is 0.871 bits per heavy atom. The van der Waals surface area contributed by atoms with Crippen LogP contribution in [0.25, 0.3) is 6.08 Å². The number of amides is 2. The average Bonchev–Trinajstić information content (AvgIpc) is 3.02. The van der Waals surface area contributed by atoms with Crippen LogP contribution in [0.5, 0.6) is 5.75 Å². The van der Waals surface area contributed by atoms with Crippen LogP contribution in [0.4, 0.5) is 10.5 Å². The topological polar surface area (TPSA) is 46.6 Å². The van der Waals surface area contributed by atoms with Gasteiger partial charge in [0.25, 0.3) is 11.1 Å². The van der Waals surface area contributed by atoms with E-state index in [1.54, 1.807) is 54.6 Å². The molecule has 0 spiro atoms.